The van der Waals surface area contributed by atoms with E-state index in [0.29, 0.717) is 11.6 Å². The fourth-order valence-electron chi connectivity index (χ4n) is 1.88. The lowest BCUT2D eigenvalue weighted by molar-refractivity contribution is -0.131. The highest BCUT2D eigenvalue weighted by atomic mass is 32.1. The number of thiazole rings is 1. The zero-order valence-corrected chi connectivity index (χ0v) is 12.6. The molecule has 0 unspecified atom stereocenters. The molecule has 1 saturated heterocycles. The predicted molar refractivity (Wildman–Crippen MR) is 78.7 cm³/mol. The summed E-state index contributed by atoms with van der Waals surface area (Å²) in [4.78, 5) is 29.8. The summed E-state index contributed by atoms with van der Waals surface area (Å²) in [5.74, 6) is -0.0392. The normalized spacial score (nSPS) is 15.4. The number of nitrogens with zero attached hydrogens (tertiary/aromatic N) is 2. The van der Waals surface area contributed by atoms with Crippen LogP contribution in [0, 0.1) is 5.92 Å². The van der Waals surface area contributed by atoms with Crippen LogP contribution in [0.25, 0.3) is 0 Å². The molecule has 110 valence electrons. The molecule has 2 N–H and O–H groups in total. The number of rotatable bonds is 4. The van der Waals surface area contributed by atoms with Crippen LogP contribution in [-0.4, -0.2) is 47.9 Å². The number of hydrogen-bond acceptors (Lipinski definition) is 5. The Labute approximate surface area is 122 Å². The Hall–Kier alpha value is -1.47. The summed E-state index contributed by atoms with van der Waals surface area (Å²) in [5.41, 5.74) is 0.720. The molecule has 7 heteroatoms. The van der Waals surface area contributed by atoms with Gasteiger partial charge < -0.3 is 15.5 Å². The van der Waals surface area contributed by atoms with Crippen LogP contribution in [0.5, 0.6) is 0 Å². The van der Waals surface area contributed by atoms with Gasteiger partial charge in [0, 0.05) is 37.5 Å². The quantitative estimate of drug-likeness (QED) is 0.858. The number of carbonyl (C=O) groups is 2. The van der Waals surface area contributed by atoms with E-state index in [1.807, 2.05) is 24.1 Å². The van der Waals surface area contributed by atoms with Crippen molar-refractivity contribution in [1.29, 1.82) is 0 Å². The summed E-state index contributed by atoms with van der Waals surface area (Å²) in [6.45, 7) is 6.85. The van der Waals surface area contributed by atoms with E-state index in [4.69, 9.17) is 0 Å². The molecule has 1 aromatic rings. The lowest BCUT2D eigenvalue weighted by Gasteiger charge is -2.27. The average Bonchev–Trinajstić information content (AvgIpc) is 2.86. The topological polar surface area (TPSA) is 74.3 Å². The summed E-state index contributed by atoms with van der Waals surface area (Å²) in [6, 6.07) is 0. The Kier molecular flexibility index (Phi) is 5.08. The van der Waals surface area contributed by atoms with Gasteiger partial charge in [0.05, 0.1) is 12.1 Å². The Balaban J connectivity index is 1.88. The zero-order chi connectivity index (χ0) is 14.5. The van der Waals surface area contributed by atoms with Crippen molar-refractivity contribution in [3.8, 4) is 0 Å². The second-order valence-corrected chi connectivity index (χ2v) is 5.95. The molecule has 1 aliphatic heterocycles. The third kappa shape index (κ3) is 4.01. The minimum Gasteiger partial charge on any atom is -0.340 e. The number of piperazine rings is 1. The number of nitrogens with one attached hydrogen (secondary N) is 2. The molecular weight excluding hydrogens is 276 g/mol. The molecule has 0 bridgehead atoms. The van der Waals surface area contributed by atoms with Gasteiger partial charge >= 0.3 is 0 Å². The Morgan fingerprint density at radius 1 is 1.45 bits per heavy atom. The smallest absolute Gasteiger partial charge is 0.228 e. The summed E-state index contributed by atoms with van der Waals surface area (Å²) in [7, 11) is 0. The highest BCUT2D eigenvalue weighted by Crippen LogP contribution is 2.17. The first kappa shape index (κ1) is 14.9. The van der Waals surface area contributed by atoms with Gasteiger partial charge in [-0.15, -0.1) is 11.3 Å². The van der Waals surface area contributed by atoms with Gasteiger partial charge in [-0.05, 0) is 0 Å². The minimum atomic E-state index is -0.0789. The molecule has 0 atom stereocenters. The summed E-state index contributed by atoms with van der Waals surface area (Å²) in [6.07, 6.45) is 0.300. The monoisotopic (exact) mass is 296 g/mol. The molecule has 0 saturated carbocycles. The zero-order valence-electron chi connectivity index (χ0n) is 11.8. The van der Waals surface area contributed by atoms with Gasteiger partial charge in [-0.3, -0.25) is 9.59 Å². The molecule has 1 aromatic heterocycles. The summed E-state index contributed by atoms with van der Waals surface area (Å²) in [5, 5.41) is 8.35. The number of anilines is 1. The van der Waals surface area contributed by atoms with Crippen molar-refractivity contribution < 1.29 is 9.59 Å². The van der Waals surface area contributed by atoms with Gasteiger partial charge in [-0.1, -0.05) is 13.8 Å². The van der Waals surface area contributed by atoms with Gasteiger partial charge in [-0.2, -0.15) is 0 Å². The molecule has 0 aliphatic carbocycles. The van der Waals surface area contributed by atoms with Crippen molar-refractivity contribution in [2.24, 2.45) is 5.92 Å². The fourth-order valence-corrected chi connectivity index (χ4v) is 2.59. The molecule has 0 radical (unpaired) electrons. The highest BCUT2D eigenvalue weighted by Gasteiger charge is 2.18. The number of hydrogen-bond donors (Lipinski definition) is 2. The van der Waals surface area contributed by atoms with E-state index in [-0.39, 0.29) is 17.7 Å². The largest absolute Gasteiger partial charge is 0.340 e. The number of amides is 2. The second kappa shape index (κ2) is 6.81. The Morgan fingerprint density at radius 2 is 2.15 bits per heavy atom. The van der Waals surface area contributed by atoms with Crippen molar-refractivity contribution in [2.75, 3.05) is 31.5 Å². The number of carbonyl (C=O) groups excluding carboxylic acids is 2. The van der Waals surface area contributed by atoms with E-state index >= 15 is 0 Å². The van der Waals surface area contributed by atoms with Crippen molar-refractivity contribution in [3.63, 3.8) is 0 Å². The van der Waals surface area contributed by atoms with Crippen LogP contribution in [0.3, 0.4) is 0 Å². The van der Waals surface area contributed by atoms with Gasteiger partial charge in [0.2, 0.25) is 11.8 Å². The molecule has 2 rings (SSSR count). The highest BCUT2D eigenvalue weighted by molar-refractivity contribution is 7.13. The summed E-state index contributed by atoms with van der Waals surface area (Å²) >= 11 is 1.36. The van der Waals surface area contributed by atoms with Crippen molar-refractivity contribution in [2.45, 2.75) is 20.3 Å². The minimum absolute atomic E-state index is 0.0562. The van der Waals surface area contributed by atoms with Crippen molar-refractivity contribution >= 4 is 28.3 Å². The molecule has 0 spiro atoms. The first-order valence-corrected chi connectivity index (χ1v) is 7.68. The van der Waals surface area contributed by atoms with Gasteiger partial charge in [0.1, 0.15) is 0 Å². The molecule has 1 aliphatic rings. The first-order chi connectivity index (χ1) is 9.56. The van der Waals surface area contributed by atoms with Crippen LogP contribution in [0.15, 0.2) is 5.38 Å². The second-order valence-electron chi connectivity index (χ2n) is 5.10. The third-order valence-electron chi connectivity index (χ3n) is 3.11. The maximum atomic E-state index is 12.1. The van der Waals surface area contributed by atoms with Crippen LogP contribution in [0.4, 0.5) is 5.13 Å². The van der Waals surface area contributed by atoms with E-state index in [0.717, 1.165) is 31.9 Å². The molecular formula is C13H20N4O2S. The Bertz CT molecular complexity index is 480. The standard InChI is InChI=1S/C13H20N4O2S/c1-9(2)12(19)16-13-15-10(8-20-13)7-11(18)17-5-3-14-4-6-17/h8-9,14H,3-7H2,1-2H3,(H,15,16,19). The van der Waals surface area contributed by atoms with Crippen LogP contribution in [-0.2, 0) is 16.0 Å². The summed E-state index contributed by atoms with van der Waals surface area (Å²) < 4.78 is 0. The van der Waals surface area contributed by atoms with E-state index in [2.05, 4.69) is 15.6 Å². The van der Waals surface area contributed by atoms with E-state index in [9.17, 15) is 9.59 Å². The van der Waals surface area contributed by atoms with Crippen molar-refractivity contribution in [1.82, 2.24) is 15.2 Å². The predicted octanol–water partition coefficient (Wildman–Crippen LogP) is 0.712. The first-order valence-electron chi connectivity index (χ1n) is 6.80. The van der Waals surface area contributed by atoms with Gasteiger partial charge in [0.25, 0.3) is 0 Å². The molecule has 20 heavy (non-hydrogen) atoms. The van der Waals surface area contributed by atoms with E-state index < -0.39 is 0 Å². The maximum Gasteiger partial charge on any atom is 0.228 e. The van der Waals surface area contributed by atoms with Gasteiger partial charge in [0.15, 0.2) is 5.13 Å². The molecule has 2 amide bonds. The SMILES string of the molecule is CC(C)C(=O)Nc1nc(CC(=O)N2CCNCC2)cs1. The van der Waals surface area contributed by atoms with Gasteiger partial charge in [-0.25, -0.2) is 4.98 Å². The van der Waals surface area contributed by atoms with E-state index in [1.165, 1.54) is 11.3 Å². The number of aromatic nitrogens is 1. The molecule has 2 heterocycles. The van der Waals surface area contributed by atoms with Crippen LogP contribution in [0.2, 0.25) is 0 Å². The maximum absolute atomic E-state index is 12.1. The molecule has 1 fully saturated rings. The average molecular weight is 296 g/mol. The molecule has 0 aromatic carbocycles. The Morgan fingerprint density at radius 3 is 2.80 bits per heavy atom. The third-order valence-corrected chi connectivity index (χ3v) is 3.91. The lowest BCUT2D eigenvalue weighted by Crippen LogP contribution is -2.46. The lowest BCUT2D eigenvalue weighted by atomic mass is 10.2. The van der Waals surface area contributed by atoms with Crippen molar-refractivity contribution in [3.05, 3.63) is 11.1 Å². The van der Waals surface area contributed by atoms with E-state index in [1.54, 1.807) is 0 Å². The van der Waals surface area contributed by atoms with Crippen LogP contribution < -0.4 is 10.6 Å². The fraction of sp³-hybridized carbons (Fsp3) is 0.615. The van der Waals surface area contributed by atoms with Crippen LogP contribution in [0.1, 0.15) is 19.5 Å². The molecule has 6 nitrogen and oxygen atoms in total. The van der Waals surface area contributed by atoms with Crippen LogP contribution >= 0.6 is 11.3 Å².